The van der Waals surface area contributed by atoms with Crippen LogP contribution in [0, 0.1) is 0 Å². The van der Waals surface area contributed by atoms with Crippen molar-refractivity contribution >= 4 is 112 Å². The Labute approximate surface area is 296 Å². The lowest BCUT2D eigenvalue weighted by atomic mass is 9.92. The first kappa shape index (κ1) is 33.4. The van der Waals surface area contributed by atoms with Crippen LogP contribution < -0.4 is 21.3 Å². The van der Waals surface area contributed by atoms with Crippen molar-refractivity contribution in [1.29, 1.82) is 0 Å². The van der Waals surface area contributed by atoms with Gasteiger partial charge in [0.1, 0.15) is 0 Å². The lowest BCUT2D eigenvalue weighted by Crippen LogP contribution is -2.12. The Morgan fingerprint density at radius 2 is 0.519 bits per heavy atom. The summed E-state index contributed by atoms with van der Waals surface area (Å²) in [6, 6.07) is 31.1. The first-order valence-corrected chi connectivity index (χ1v) is 16.1. The molecule has 0 heterocycles. The van der Waals surface area contributed by atoms with Gasteiger partial charge in [-0.15, -0.1) is 0 Å². The SMILES string of the molecule is COC(=O)Nc1ccc2ccc3c(NC(=O)OC)ccc4ccc1c2c43.COC(=O)Nc1ccc2ccc3ccc(NC(=O)OC)c4ccc1c2c34. The number of methoxy groups -OCH3 is 4. The van der Waals surface area contributed by atoms with Crippen LogP contribution in [-0.2, 0) is 18.9 Å². The van der Waals surface area contributed by atoms with Gasteiger partial charge in [-0.25, -0.2) is 19.2 Å². The van der Waals surface area contributed by atoms with Crippen molar-refractivity contribution < 1.29 is 38.1 Å². The average Bonchev–Trinajstić information content (AvgIpc) is 3.18. The first-order valence-electron chi connectivity index (χ1n) is 16.1. The van der Waals surface area contributed by atoms with Gasteiger partial charge in [-0.1, -0.05) is 72.8 Å². The molecular weight excluding hydrogens is 664 g/mol. The third-order valence-corrected chi connectivity index (χ3v) is 9.02. The third-order valence-electron chi connectivity index (χ3n) is 9.02. The molecule has 0 fully saturated rings. The maximum atomic E-state index is 11.7. The van der Waals surface area contributed by atoms with Crippen LogP contribution in [0.5, 0.6) is 0 Å². The van der Waals surface area contributed by atoms with Crippen LogP contribution in [0.3, 0.4) is 0 Å². The molecule has 0 radical (unpaired) electrons. The standard InChI is InChI=1S/2C20H16N2O4/c1-25-19(23)21-15-9-5-11-4-8-14-16(22-20(24)26-2)10-6-12-3-7-13(15)17(11)18(12)14;1-25-19(23)21-15-9-5-11-3-4-12-6-10-16(22-20(24)26-2)14-8-7-13(15)17(11)18(12)14/h2*3-10H,1-2H3,(H,21,23)(H,22,24). The zero-order valence-electron chi connectivity index (χ0n) is 28.5. The molecule has 0 saturated carbocycles. The number of carbonyl (C=O) groups is 4. The minimum Gasteiger partial charge on any atom is -0.453 e. The van der Waals surface area contributed by atoms with Gasteiger partial charge in [0.25, 0.3) is 0 Å². The zero-order chi connectivity index (χ0) is 36.5. The first-order chi connectivity index (χ1) is 25.2. The van der Waals surface area contributed by atoms with Crippen LogP contribution in [0.1, 0.15) is 0 Å². The van der Waals surface area contributed by atoms with Crippen molar-refractivity contribution in [2.45, 2.75) is 0 Å². The van der Waals surface area contributed by atoms with Crippen molar-refractivity contribution in [1.82, 2.24) is 0 Å². The van der Waals surface area contributed by atoms with E-state index in [4.69, 9.17) is 18.9 Å². The molecule has 0 saturated heterocycles. The van der Waals surface area contributed by atoms with Gasteiger partial charge in [-0.3, -0.25) is 21.3 Å². The number of hydrogen-bond acceptors (Lipinski definition) is 8. The molecule has 0 aromatic heterocycles. The van der Waals surface area contributed by atoms with Crippen molar-refractivity contribution in [3.63, 3.8) is 0 Å². The summed E-state index contributed by atoms with van der Waals surface area (Å²) in [6.07, 6.45) is -2.08. The van der Waals surface area contributed by atoms with Crippen LogP contribution in [-0.4, -0.2) is 52.8 Å². The van der Waals surface area contributed by atoms with E-state index < -0.39 is 24.4 Å². The molecule has 0 aliphatic carbocycles. The van der Waals surface area contributed by atoms with Crippen molar-refractivity contribution in [3.05, 3.63) is 97.1 Å². The van der Waals surface area contributed by atoms with Gasteiger partial charge in [0.05, 0.1) is 51.2 Å². The molecule has 12 heteroatoms. The van der Waals surface area contributed by atoms with E-state index in [2.05, 4.69) is 21.3 Å². The summed E-state index contributed by atoms with van der Waals surface area (Å²) in [5.41, 5.74) is 2.69. The summed E-state index contributed by atoms with van der Waals surface area (Å²) in [7, 11) is 5.32. The smallest absolute Gasteiger partial charge is 0.411 e. The predicted molar refractivity (Wildman–Crippen MR) is 204 cm³/mol. The molecule has 8 rings (SSSR count). The fraction of sp³-hybridized carbons (Fsp3) is 0.100. The second kappa shape index (κ2) is 13.7. The van der Waals surface area contributed by atoms with Crippen LogP contribution in [0.2, 0.25) is 0 Å². The summed E-state index contributed by atoms with van der Waals surface area (Å²) in [5, 5.41) is 22.9. The monoisotopic (exact) mass is 696 g/mol. The second-order valence-electron chi connectivity index (χ2n) is 11.8. The Hall–Kier alpha value is -7.08. The summed E-state index contributed by atoms with van der Waals surface area (Å²) in [6.45, 7) is 0. The summed E-state index contributed by atoms with van der Waals surface area (Å²) in [5.74, 6) is 0. The molecule has 0 atom stereocenters. The number of nitrogens with one attached hydrogen (secondary N) is 4. The molecule has 0 unspecified atom stereocenters. The van der Waals surface area contributed by atoms with Crippen LogP contribution >= 0.6 is 0 Å². The second-order valence-corrected chi connectivity index (χ2v) is 11.8. The number of benzene rings is 8. The molecule has 4 amide bonds. The van der Waals surface area contributed by atoms with E-state index in [9.17, 15) is 19.2 Å². The van der Waals surface area contributed by atoms with E-state index in [0.29, 0.717) is 22.7 Å². The molecule has 4 N–H and O–H groups in total. The molecule has 0 spiro atoms. The molecule has 8 aromatic carbocycles. The van der Waals surface area contributed by atoms with Crippen molar-refractivity contribution in [3.8, 4) is 0 Å². The maximum absolute atomic E-state index is 11.7. The average molecular weight is 697 g/mol. The van der Waals surface area contributed by atoms with E-state index in [1.807, 2.05) is 97.1 Å². The van der Waals surface area contributed by atoms with Crippen molar-refractivity contribution in [2.24, 2.45) is 0 Å². The van der Waals surface area contributed by atoms with Gasteiger partial charge in [0.15, 0.2) is 0 Å². The number of ether oxygens (including phenoxy) is 4. The Morgan fingerprint density at radius 3 is 0.750 bits per heavy atom. The number of anilines is 4. The maximum Gasteiger partial charge on any atom is 0.411 e. The fourth-order valence-electron chi connectivity index (χ4n) is 6.68. The highest BCUT2D eigenvalue weighted by Gasteiger charge is 2.17. The molecule has 12 nitrogen and oxygen atoms in total. The van der Waals surface area contributed by atoms with Crippen LogP contribution in [0.25, 0.3) is 64.6 Å². The van der Waals surface area contributed by atoms with Gasteiger partial charge in [-0.05, 0) is 67.4 Å². The van der Waals surface area contributed by atoms with E-state index >= 15 is 0 Å². The van der Waals surface area contributed by atoms with Gasteiger partial charge in [0, 0.05) is 21.5 Å². The van der Waals surface area contributed by atoms with Gasteiger partial charge in [0.2, 0.25) is 0 Å². The minimum atomic E-state index is -0.520. The molecule has 52 heavy (non-hydrogen) atoms. The number of carbonyl (C=O) groups excluding carboxylic acids is 4. The normalized spacial score (nSPS) is 11.0. The summed E-state index contributed by atoms with van der Waals surface area (Å²) < 4.78 is 18.8. The molecular formula is C40H32N4O8. The van der Waals surface area contributed by atoms with Crippen LogP contribution in [0.4, 0.5) is 41.9 Å². The Balaban J connectivity index is 0.000000162. The van der Waals surface area contributed by atoms with Crippen LogP contribution in [0.15, 0.2) is 97.1 Å². The number of amides is 4. The topological polar surface area (TPSA) is 153 Å². The Bertz CT molecular complexity index is 2370. The van der Waals surface area contributed by atoms with Gasteiger partial charge in [-0.2, -0.15) is 0 Å². The molecule has 0 aliphatic heterocycles. The van der Waals surface area contributed by atoms with E-state index in [-0.39, 0.29) is 0 Å². The van der Waals surface area contributed by atoms with Crippen molar-refractivity contribution in [2.75, 3.05) is 49.7 Å². The Kier molecular flexibility index (Phi) is 8.79. The summed E-state index contributed by atoms with van der Waals surface area (Å²) >= 11 is 0. The molecule has 0 bridgehead atoms. The van der Waals surface area contributed by atoms with E-state index in [1.54, 1.807) is 0 Å². The highest BCUT2D eigenvalue weighted by atomic mass is 16.5. The number of rotatable bonds is 4. The molecule has 260 valence electrons. The Morgan fingerprint density at radius 1 is 0.327 bits per heavy atom. The lowest BCUT2D eigenvalue weighted by molar-refractivity contribution is 0.186. The highest BCUT2D eigenvalue weighted by Crippen LogP contribution is 2.42. The zero-order valence-corrected chi connectivity index (χ0v) is 28.5. The molecule has 0 aliphatic rings. The van der Waals surface area contributed by atoms with Gasteiger partial charge < -0.3 is 18.9 Å². The van der Waals surface area contributed by atoms with E-state index in [1.165, 1.54) is 28.4 Å². The summed E-state index contributed by atoms with van der Waals surface area (Å²) in [4.78, 5) is 46.6. The number of hydrogen-bond donors (Lipinski definition) is 4. The fourth-order valence-corrected chi connectivity index (χ4v) is 6.68. The largest absolute Gasteiger partial charge is 0.453 e. The van der Waals surface area contributed by atoms with Gasteiger partial charge >= 0.3 is 24.4 Å². The lowest BCUT2D eigenvalue weighted by Gasteiger charge is -2.16. The quantitative estimate of drug-likeness (QED) is 0.105. The minimum absolute atomic E-state index is 0.520. The van der Waals surface area contributed by atoms with E-state index in [0.717, 1.165) is 64.6 Å². The molecule has 8 aromatic rings. The highest BCUT2D eigenvalue weighted by molar-refractivity contribution is 6.29. The predicted octanol–water partition coefficient (Wildman–Crippen LogP) is 9.88. The third kappa shape index (κ3) is 5.92.